The van der Waals surface area contributed by atoms with Gasteiger partial charge in [-0.05, 0) is 11.5 Å². The molecule has 7 nitrogen and oxygen atoms in total. The molecule has 0 aliphatic carbocycles. The molecule has 152 valence electrons. The van der Waals surface area contributed by atoms with E-state index in [0.29, 0.717) is 24.7 Å². The number of hydrogen-bond acceptors (Lipinski definition) is 6. The molecule has 28 heavy (non-hydrogen) atoms. The molecule has 1 atom stereocenters. The second-order valence-electron chi connectivity index (χ2n) is 7.68. The summed E-state index contributed by atoms with van der Waals surface area (Å²) in [6.45, 7) is 9.46. The standard InChI is InChI=1S/C21H30N4O3/c1-16(2)19(26)13-24-8-10-25(11-9-24)14-20-23-18(15-28-20)21(27)22-12-17-6-4-3-5-7-17/h3-7,15-16,19,26H,8-14H2,1-2H3,(H,22,27). The third kappa shape index (κ3) is 5.89. The first-order valence-electron chi connectivity index (χ1n) is 9.90. The average Bonchev–Trinajstić information content (AvgIpc) is 3.17. The fraction of sp³-hybridized carbons (Fsp3) is 0.524. The summed E-state index contributed by atoms with van der Waals surface area (Å²) < 4.78 is 5.50. The Kier molecular flexibility index (Phi) is 7.19. The van der Waals surface area contributed by atoms with Gasteiger partial charge in [-0.2, -0.15) is 0 Å². The number of rotatable bonds is 8. The van der Waals surface area contributed by atoms with Gasteiger partial charge in [-0.25, -0.2) is 4.98 Å². The van der Waals surface area contributed by atoms with Crippen molar-refractivity contribution in [2.45, 2.75) is 33.0 Å². The SMILES string of the molecule is CC(C)C(O)CN1CCN(Cc2nc(C(=O)NCc3ccccc3)co2)CC1. The summed E-state index contributed by atoms with van der Waals surface area (Å²) in [5.41, 5.74) is 1.35. The molecule has 1 fully saturated rings. The van der Waals surface area contributed by atoms with E-state index in [-0.39, 0.29) is 17.9 Å². The molecule has 1 aliphatic heterocycles. The third-order valence-corrected chi connectivity index (χ3v) is 5.12. The number of carbonyl (C=O) groups is 1. The number of nitrogens with zero attached hydrogens (tertiary/aromatic N) is 3. The van der Waals surface area contributed by atoms with E-state index in [4.69, 9.17) is 4.42 Å². The van der Waals surface area contributed by atoms with Crippen LogP contribution in [0, 0.1) is 5.92 Å². The van der Waals surface area contributed by atoms with E-state index >= 15 is 0 Å². The number of aromatic nitrogens is 1. The van der Waals surface area contributed by atoms with Crippen molar-refractivity contribution in [3.05, 3.63) is 53.7 Å². The van der Waals surface area contributed by atoms with Crippen LogP contribution in [0.2, 0.25) is 0 Å². The minimum atomic E-state index is -0.282. The van der Waals surface area contributed by atoms with Crippen molar-refractivity contribution >= 4 is 5.91 Å². The van der Waals surface area contributed by atoms with Crippen molar-refractivity contribution in [2.24, 2.45) is 5.92 Å². The average molecular weight is 386 g/mol. The van der Waals surface area contributed by atoms with Gasteiger partial charge in [-0.15, -0.1) is 0 Å². The Labute approximate surface area is 166 Å². The van der Waals surface area contributed by atoms with E-state index in [2.05, 4.69) is 20.1 Å². The van der Waals surface area contributed by atoms with Gasteiger partial charge in [-0.1, -0.05) is 44.2 Å². The van der Waals surface area contributed by atoms with E-state index in [1.807, 2.05) is 44.2 Å². The summed E-state index contributed by atoms with van der Waals surface area (Å²) in [4.78, 5) is 21.1. The molecule has 0 bridgehead atoms. The largest absolute Gasteiger partial charge is 0.447 e. The molecule has 1 aromatic carbocycles. The lowest BCUT2D eigenvalue weighted by Crippen LogP contribution is -2.48. The van der Waals surface area contributed by atoms with Gasteiger partial charge in [0, 0.05) is 39.3 Å². The van der Waals surface area contributed by atoms with E-state index in [9.17, 15) is 9.90 Å². The molecule has 1 amide bonds. The van der Waals surface area contributed by atoms with Crippen molar-refractivity contribution in [3.63, 3.8) is 0 Å². The Balaban J connectivity index is 1.43. The summed E-state index contributed by atoms with van der Waals surface area (Å²) in [6, 6.07) is 9.77. The highest BCUT2D eigenvalue weighted by Gasteiger charge is 2.22. The molecule has 0 saturated carbocycles. The molecule has 0 radical (unpaired) electrons. The quantitative estimate of drug-likeness (QED) is 0.719. The highest BCUT2D eigenvalue weighted by Crippen LogP contribution is 2.11. The van der Waals surface area contributed by atoms with E-state index in [0.717, 1.165) is 38.3 Å². The third-order valence-electron chi connectivity index (χ3n) is 5.12. The zero-order chi connectivity index (χ0) is 19.9. The highest BCUT2D eigenvalue weighted by molar-refractivity contribution is 5.91. The van der Waals surface area contributed by atoms with Gasteiger partial charge >= 0.3 is 0 Å². The number of carbonyl (C=O) groups excluding carboxylic acids is 1. The number of β-amino-alcohol motifs (C(OH)–C–C–N with tert-alkyl or cyclic N) is 1. The number of hydrogen-bond donors (Lipinski definition) is 2. The first-order valence-corrected chi connectivity index (χ1v) is 9.90. The fourth-order valence-corrected chi connectivity index (χ4v) is 3.15. The summed E-state index contributed by atoms with van der Waals surface area (Å²) in [5, 5.41) is 12.9. The van der Waals surface area contributed by atoms with Crippen LogP contribution >= 0.6 is 0 Å². The predicted molar refractivity (Wildman–Crippen MR) is 107 cm³/mol. The first kappa shape index (κ1) is 20.5. The Morgan fingerprint density at radius 3 is 2.54 bits per heavy atom. The van der Waals surface area contributed by atoms with Gasteiger partial charge in [0.1, 0.15) is 6.26 Å². The summed E-state index contributed by atoms with van der Waals surface area (Å²) in [6.07, 6.45) is 1.14. The van der Waals surface area contributed by atoms with E-state index in [1.54, 1.807) is 0 Å². The van der Waals surface area contributed by atoms with Crippen LogP contribution in [0.3, 0.4) is 0 Å². The predicted octanol–water partition coefficient (Wildman–Crippen LogP) is 1.74. The summed E-state index contributed by atoms with van der Waals surface area (Å²) in [7, 11) is 0. The van der Waals surface area contributed by atoms with Gasteiger partial charge in [0.25, 0.3) is 5.91 Å². The second-order valence-corrected chi connectivity index (χ2v) is 7.68. The molecule has 3 rings (SSSR count). The number of aliphatic hydroxyl groups is 1. The van der Waals surface area contributed by atoms with Gasteiger partial charge < -0.3 is 14.8 Å². The number of benzene rings is 1. The van der Waals surface area contributed by atoms with Crippen molar-refractivity contribution in [1.82, 2.24) is 20.1 Å². The van der Waals surface area contributed by atoms with Crippen LogP contribution in [0.4, 0.5) is 0 Å². The van der Waals surface area contributed by atoms with E-state index in [1.165, 1.54) is 6.26 Å². The molecule has 0 spiro atoms. The number of amides is 1. The summed E-state index contributed by atoms with van der Waals surface area (Å²) >= 11 is 0. The topological polar surface area (TPSA) is 81.8 Å². The normalized spacial score (nSPS) is 17.0. The van der Waals surface area contributed by atoms with Crippen LogP contribution in [0.5, 0.6) is 0 Å². The maximum Gasteiger partial charge on any atom is 0.273 e. The molecule has 2 heterocycles. The Hall–Kier alpha value is -2.22. The fourth-order valence-electron chi connectivity index (χ4n) is 3.15. The molecular formula is C21H30N4O3. The Bertz CT molecular complexity index is 739. The highest BCUT2D eigenvalue weighted by atomic mass is 16.3. The lowest BCUT2D eigenvalue weighted by molar-refractivity contribution is 0.0463. The van der Waals surface area contributed by atoms with E-state index < -0.39 is 0 Å². The molecule has 1 aromatic heterocycles. The van der Waals surface area contributed by atoms with Gasteiger partial charge in [0.05, 0.1) is 12.6 Å². The molecule has 7 heteroatoms. The maximum atomic E-state index is 12.2. The Morgan fingerprint density at radius 1 is 1.18 bits per heavy atom. The minimum Gasteiger partial charge on any atom is -0.447 e. The van der Waals surface area contributed by atoms with Gasteiger partial charge in [0.2, 0.25) is 5.89 Å². The molecule has 1 unspecified atom stereocenters. The van der Waals surface area contributed by atoms with Crippen LogP contribution < -0.4 is 5.32 Å². The van der Waals surface area contributed by atoms with Crippen LogP contribution in [0.15, 0.2) is 41.0 Å². The lowest BCUT2D eigenvalue weighted by atomic mass is 10.1. The molecule has 1 aliphatic rings. The van der Waals surface area contributed by atoms with Crippen LogP contribution in [-0.4, -0.2) is 64.6 Å². The van der Waals surface area contributed by atoms with Crippen molar-refractivity contribution in [1.29, 1.82) is 0 Å². The molecule has 2 N–H and O–H groups in total. The smallest absolute Gasteiger partial charge is 0.273 e. The zero-order valence-electron chi connectivity index (χ0n) is 16.7. The molecule has 1 saturated heterocycles. The first-order chi connectivity index (χ1) is 13.5. The van der Waals surface area contributed by atoms with Gasteiger partial charge in [0.15, 0.2) is 5.69 Å². The maximum absolute atomic E-state index is 12.2. The Morgan fingerprint density at radius 2 is 1.86 bits per heavy atom. The number of nitrogens with one attached hydrogen (secondary N) is 1. The monoisotopic (exact) mass is 386 g/mol. The van der Waals surface area contributed by atoms with Crippen LogP contribution in [0.1, 0.15) is 35.8 Å². The number of piperazine rings is 1. The molecule has 2 aromatic rings. The van der Waals surface area contributed by atoms with Crippen molar-refractivity contribution in [3.8, 4) is 0 Å². The minimum absolute atomic E-state index is 0.230. The summed E-state index contributed by atoms with van der Waals surface area (Å²) in [5.74, 6) is 0.601. The zero-order valence-corrected chi connectivity index (χ0v) is 16.7. The number of oxazole rings is 1. The van der Waals surface area contributed by atoms with Crippen LogP contribution in [-0.2, 0) is 13.1 Å². The van der Waals surface area contributed by atoms with Crippen molar-refractivity contribution < 1.29 is 14.3 Å². The number of aliphatic hydroxyl groups excluding tert-OH is 1. The van der Waals surface area contributed by atoms with Crippen molar-refractivity contribution in [2.75, 3.05) is 32.7 Å². The van der Waals surface area contributed by atoms with Crippen LogP contribution in [0.25, 0.3) is 0 Å². The second kappa shape index (κ2) is 9.82. The lowest BCUT2D eigenvalue weighted by Gasteiger charge is -2.35. The molecular weight excluding hydrogens is 356 g/mol. The van der Waals surface area contributed by atoms with Gasteiger partial charge in [-0.3, -0.25) is 14.6 Å².